The van der Waals surface area contributed by atoms with Crippen molar-refractivity contribution in [3.05, 3.63) is 29.8 Å². The van der Waals surface area contributed by atoms with Gasteiger partial charge in [0.15, 0.2) is 0 Å². The van der Waals surface area contributed by atoms with Gasteiger partial charge in [0.2, 0.25) is 0 Å². The fourth-order valence-electron chi connectivity index (χ4n) is 3.56. The maximum absolute atomic E-state index is 6.11. The molecule has 2 rings (SSSR count). The van der Waals surface area contributed by atoms with E-state index >= 15 is 0 Å². The zero-order chi connectivity index (χ0) is 15.1. The van der Waals surface area contributed by atoms with Gasteiger partial charge >= 0.3 is 0 Å². The Morgan fingerprint density at radius 3 is 2.33 bits per heavy atom. The van der Waals surface area contributed by atoms with Crippen LogP contribution in [0, 0.1) is 0 Å². The Morgan fingerprint density at radius 1 is 1.14 bits per heavy atom. The summed E-state index contributed by atoms with van der Waals surface area (Å²) in [6, 6.07) is 9.51. The Labute approximate surface area is 129 Å². The molecule has 0 heterocycles. The van der Waals surface area contributed by atoms with Gasteiger partial charge in [0.1, 0.15) is 5.75 Å². The molecule has 1 unspecified atom stereocenters. The summed E-state index contributed by atoms with van der Waals surface area (Å²) in [6.07, 6.45) is 6.76. The van der Waals surface area contributed by atoms with E-state index in [0.717, 1.165) is 12.3 Å². The molecule has 1 aliphatic carbocycles. The average molecular weight is 290 g/mol. The van der Waals surface area contributed by atoms with Gasteiger partial charge in [-0.25, -0.2) is 0 Å². The largest absolute Gasteiger partial charge is 0.494 e. The molecule has 0 spiro atoms. The molecule has 1 aromatic rings. The number of benzene rings is 1. The number of rotatable bonds is 7. The van der Waals surface area contributed by atoms with Crippen LogP contribution in [0.25, 0.3) is 0 Å². The number of likely N-dealkylation sites (N-methyl/N-ethyl adjacent to an activating group) is 1. The first kappa shape index (κ1) is 16.3. The van der Waals surface area contributed by atoms with Crippen molar-refractivity contribution in [1.29, 1.82) is 0 Å². The van der Waals surface area contributed by atoms with Gasteiger partial charge in [-0.05, 0) is 44.0 Å². The smallest absolute Gasteiger partial charge is 0.119 e. The highest BCUT2D eigenvalue weighted by Gasteiger charge is 2.26. The van der Waals surface area contributed by atoms with Crippen molar-refractivity contribution < 1.29 is 4.74 Å². The number of nitrogens with two attached hydrogens (primary N) is 1. The van der Waals surface area contributed by atoms with Crippen molar-refractivity contribution in [2.45, 2.75) is 58.0 Å². The van der Waals surface area contributed by atoms with Crippen LogP contribution in [-0.2, 0) is 0 Å². The first-order valence-corrected chi connectivity index (χ1v) is 8.48. The van der Waals surface area contributed by atoms with E-state index in [0.29, 0.717) is 25.2 Å². The van der Waals surface area contributed by atoms with Crippen LogP contribution >= 0.6 is 0 Å². The minimum atomic E-state index is 0.328. The fourth-order valence-corrected chi connectivity index (χ4v) is 3.56. The summed E-state index contributed by atoms with van der Waals surface area (Å²) < 4.78 is 5.53. The van der Waals surface area contributed by atoms with Gasteiger partial charge in [0, 0.05) is 18.6 Å². The quantitative estimate of drug-likeness (QED) is 0.831. The van der Waals surface area contributed by atoms with Crippen molar-refractivity contribution in [3.63, 3.8) is 0 Å². The summed E-state index contributed by atoms with van der Waals surface area (Å²) >= 11 is 0. The highest BCUT2D eigenvalue weighted by Crippen LogP contribution is 2.30. The van der Waals surface area contributed by atoms with Crippen molar-refractivity contribution in [2.24, 2.45) is 5.73 Å². The standard InChI is InChI=1S/C18H30N2O/c1-3-20(16-8-6-5-7-9-16)18(14-19)15-10-12-17(13-11-15)21-4-2/h10-13,16,18H,3-9,14,19H2,1-2H3. The van der Waals surface area contributed by atoms with Gasteiger partial charge in [0.25, 0.3) is 0 Å². The molecule has 0 saturated heterocycles. The van der Waals surface area contributed by atoms with E-state index < -0.39 is 0 Å². The maximum atomic E-state index is 6.11. The summed E-state index contributed by atoms with van der Waals surface area (Å²) in [5.41, 5.74) is 7.43. The molecule has 1 saturated carbocycles. The van der Waals surface area contributed by atoms with Crippen LogP contribution in [0.5, 0.6) is 5.75 Å². The summed E-state index contributed by atoms with van der Waals surface area (Å²) in [5.74, 6) is 0.942. The van der Waals surface area contributed by atoms with Gasteiger partial charge in [0.05, 0.1) is 6.61 Å². The van der Waals surface area contributed by atoms with Crippen LogP contribution in [0.1, 0.15) is 57.6 Å². The van der Waals surface area contributed by atoms with E-state index in [2.05, 4.69) is 36.1 Å². The Morgan fingerprint density at radius 2 is 1.81 bits per heavy atom. The Bertz CT molecular complexity index is 398. The summed E-state index contributed by atoms with van der Waals surface area (Å²) in [5, 5.41) is 0. The van der Waals surface area contributed by atoms with E-state index in [1.165, 1.54) is 37.7 Å². The Hall–Kier alpha value is -1.06. The predicted octanol–water partition coefficient (Wildman–Crippen LogP) is 3.74. The average Bonchev–Trinajstić information content (AvgIpc) is 2.54. The molecular weight excluding hydrogens is 260 g/mol. The topological polar surface area (TPSA) is 38.5 Å². The zero-order valence-electron chi connectivity index (χ0n) is 13.6. The second-order valence-electron chi connectivity index (χ2n) is 5.88. The van der Waals surface area contributed by atoms with E-state index in [1.807, 2.05) is 6.92 Å². The second-order valence-corrected chi connectivity index (χ2v) is 5.88. The lowest BCUT2D eigenvalue weighted by Crippen LogP contribution is -2.42. The van der Waals surface area contributed by atoms with E-state index in [9.17, 15) is 0 Å². The third-order valence-corrected chi connectivity index (χ3v) is 4.61. The van der Waals surface area contributed by atoms with Gasteiger partial charge in [-0.3, -0.25) is 4.90 Å². The molecule has 0 bridgehead atoms. The fraction of sp³-hybridized carbons (Fsp3) is 0.667. The lowest BCUT2D eigenvalue weighted by molar-refractivity contribution is 0.114. The Balaban J connectivity index is 2.11. The lowest BCUT2D eigenvalue weighted by atomic mass is 9.92. The maximum Gasteiger partial charge on any atom is 0.119 e. The molecule has 3 nitrogen and oxygen atoms in total. The van der Waals surface area contributed by atoms with Crippen LogP contribution in [0.2, 0.25) is 0 Å². The molecule has 0 amide bonds. The van der Waals surface area contributed by atoms with Crippen molar-refractivity contribution in [3.8, 4) is 5.75 Å². The molecule has 1 atom stereocenters. The minimum absolute atomic E-state index is 0.328. The number of hydrogen-bond acceptors (Lipinski definition) is 3. The van der Waals surface area contributed by atoms with Crippen LogP contribution in [0.4, 0.5) is 0 Å². The Kier molecular flexibility index (Phi) is 6.52. The van der Waals surface area contributed by atoms with Crippen molar-refractivity contribution >= 4 is 0 Å². The van der Waals surface area contributed by atoms with Crippen molar-refractivity contribution in [1.82, 2.24) is 4.90 Å². The summed E-state index contributed by atoms with van der Waals surface area (Å²) in [6.45, 7) is 6.73. The van der Waals surface area contributed by atoms with E-state index in [-0.39, 0.29) is 0 Å². The second kappa shape index (κ2) is 8.40. The third-order valence-electron chi connectivity index (χ3n) is 4.61. The zero-order valence-corrected chi connectivity index (χ0v) is 13.6. The van der Waals surface area contributed by atoms with Crippen molar-refractivity contribution in [2.75, 3.05) is 19.7 Å². The van der Waals surface area contributed by atoms with Gasteiger partial charge in [-0.2, -0.15) is 0 Å². The van der Waals surface area contributed by atoms with Crippen LogP contribution in [0.3, 0.4) is 0 Å². The van der Waals surface area contributed by atoms with Crippen LogP contribution in [0.15, 0.2) is 24.3 Å². The SMILES string of the molecule is CCOc1ccc(C(CN)N(CC)C2CCCCC2)cc1. The highest BCUT2D eigenvalue weighted by atomic mass is 16.5. The third kappa shape index (κ3) is 4.21. The molecule has 2 N–H and O–H groups in total. The van der Waals surface area contributed by atoms with Crippen LogP contribution < -0.4 is 10.5 Å². The normalized spacial score (nSPS) is 17.9. The molecule has 1 aliphatic rings. The van der Waals surface area contributed by atoms with E-state index in [1.54, 1.807) is 0 Å². The molecule has 118 valence electrons. The van der Waals surface area contributed by atoms with Gasteiger partial charge in [-0.1, -0.05) is 38.3 Å². The summed E-state index contributed by atoms with van der Waals surface area (Å²) in [7, 11) is 0. The predicted molar refractivity (Wildman–Crippen MR) is 88.7 cm³/mol. The molecule has 0 aromatic heterocycles. The van der Waals surface area contributed by atoms with Gasteiger partial charge in [-0.15, -0.1) is 0 Å². The van der Waals surface area contributed by atoms with Crippen LogP contribution in [-0.4, -0.2) is 30.6 Å². The molecule has 0 aliphatic heterocycles. The summed E-state index contributed by atoms with van der Waals surface area (Å²) in [4.78, 5) is 2.61. The van der Waals surface area contributed by atoms with Gasteiger partial charge < -0.3 is 10.5 Å². The first-order chi connectivity index (χ1) is 10.3. The lowest BCUT2D eigenvalue weighted by Gasteiger charge is -2.39. The highest BCUT2D eigenvalue weighted by molar-refractivity contribution is 5.29. The molecular formula is C18H30N2O. The monoisotopic (exact) mass is 290 g/mol. The number of ether oxygens (including phenoxy) is 1. The molecule has 1 aromatic carbocycles. The molecule has 21 heavy (non-hydrogen) atoms. The molecule has 1 fully saturated rings. The number of nitrogens with zero attached hydrogens (tertiary/aromatic N) is 1. The molecule has 0 radical (unpaired) electrons. The first-order valence-electron chi connectivity index (χ1n) is 8.48. The molecule has 3 heteroatoms. The minimum Gasteiger partial charge on any atom is -0.494 e. The number of hydrogen-bond donors (Lipinski definition) is 1. The van der Waals surface area contributed by atoms with E-state index in [4.69, 9.17) is 10.5 Å².